The van der Waals surface area contributed by atoms with Gasteiger partial charge in [0.05, 0.1) is 28.1 Å². The van der Waals surface area contributed by atoms with E-state index in [-0.39, 0.29) is 10.8 Å². The molecule has 0 aliphatic rings. The lowest BCUT2D eigenvalue weighted by Crippen LogP contribution is -2.32. The number of rotatable bonds is 9. The molecule has 0 amide bonds. The van der Waals surface area contributed by atoms with Crippen molar-refractivity contribution in [2.45, 2.75) is 45.4 Å². The van der Waals surface area contributed by atoms with Crippen LogP contribution < -0.4 is 9.30 Å². The van der Waals surface area contributed by atoms with Crippen LogP contribution in [0.15, 0.2) is 200 Å². The van der Waals surface area contributed by atoms with Crippen LogP contribution in [0.5, 0.6) is 11.5 Å². The summed E-state index contributed by atoms with van der Waals surface area (Å²) >= 11 is 0. The molecule has 3 aromatic heterocycles. The fourth-order valence-corrected chi connectivity index (χ4v) is 8.55. The van der Waals surface area contributed by atoms with Crippen molar-refractivity contribution in [1.29, 1.82) is 0 Å². The van der Waals surface area contributed by atoms with Crippen molar-refractivity contribution in [2.75, 3.05) is 0 Å². The summed E-state index contributed by atoms with van der Waals surface area (Å²) in [6, 6.07) is 66.2. The minimum absolute atomic E-state index is 0.000485. The molecule has 10 aromatic rings. The van der Waals surface area contributed by atoms with E-state index in [9.17, 15) is 0 Å². The molecule has 0 saturated heterocycles. The largest absolute Gasteiger partial charge is 0.458 e. The van der Waals surface area contributed by atoms with Gasteiger partial charge in [-0.3, -0.25) is 13.7 Å². The van der Waals surface area contributed by atoms with Crippen LogP contribution in [0, 0.1) is 6.33 Å². The Kier molecular flexibility index (Phi) is 9.68. The first-order valence-electron chi connectivity index (χ1n) is 21.3. The van der Waals surface area contributed by atoms with Gasteiger partial charge in [-0.2, -0.15) is 0 Å². The number of aromatic nitrogens is 4. The van der Waals surface area contributed by atoms with Gasteiger partial charge in [0.2, 0.25) is 0 Å². The molecule has 62 heavy (non-hydrogen) atoms. The van der Waals surface area contributed by atoms with Gasteiger partial charge < -0.3 is 4.74 Å². The Hall–Kier alpha value is -7.50. The normalized spacial score (nSPS) is 12.0. The topological polar surface area (TPSA) is 35.9 Å². The summed E-state index contributed by atoms with van der Waals surface area (Å²) < 4.78 is 13.4. The summed E-state index contributed by atoms with van der Waals surface area (Å²) in [6.07, 6.45) is 7.81. The summed E-state index contributed by atoms with van der Waals surface area (Å²) in [5, 5.41) is 2.30. The highest BCUT2D eigenvalue weighted by atomic mass is 16.5. The molecule has 0 fully saturated rings. The molecule has 0 atom stereocenters. The van der Waals surface area contributed by atoms with Gasteiger partial charge in [-0.1, -0.05) is 156 Å². The third-order valence-corrected chi connectivity index (χ3v) is 12.1. The van der Waals surface area contributed by atoms with Crippen molar-refractivity contribution in [1.82, 2.24) is 14.1 Å². The van der Waals surface area contributed by atoms with Gasteiger partial charge in [0.25, 0.3) is 6.33 Å². The van der Waals surface area contributed by atoms with Crippen molar-refractivity contribution in [3.63, 3.8) is 0 Å². The van der Waals surface area contributed by atoms with Crippen LogP contribution in [0.1, 0.15) is 51.3 Å². The molecular weight excluding hydrogens is 757 g/mol. The maximum atomic E-state index is 6.93. The van der Waals surface area contributed by atoms with Crippen LogP contribution in [0.25, 0.3) is 61.4 Å². The van der Waals surface area contributed by atoms with E-state index in [1.165, 1.54) is 16.7 Å². The molecule has 5 heteroatoms. The van der Waals surface area contributed by atoms with Gasteiger partial charge in [-0.15, -0.1) is 0 Å². The molecule has 0 N–H and O–H groups in total. The van der Waals surface area contributed by atoms with Crippen molar-refractivity contribution in [3.05, 3.63) is 223 Å². The maximum Gasteiger partial charge on any atom is 0.269 e. The van der Waals surface area contributed by atoms with Crippen molar-refractivity contribution in [3.8, 4) is 51.1 Å². The number of nitrogens with zero attached hydrogens (tertiary/aromatic N) is 4. The monoisotopic (exact) mass is 804 g/mol. The van der Waals surface area contributed by atoms with E-state index in [2.05, 4.69) is 243 Å². The number of ether oxygens (including phenoxy) is 1. The van der Waals surface area contributed by atoms with Gasteiger partial charge in [0, 0.05) is 34.6 Å². The van der Waals surface area contributed by atoms with Gasteiger partial charge in [0.15, 0.2) is 0 Å². The zero-order valence-corrected chi connectivity index (χ0v) is 35.7. The Morgan fingerprint density at radius 3 is 1.95 bits per heavy atom. The van der Waals surface area contributed by atoms with Crippen LogP contribution in [-0.4, -0.2) is 14.1 Å². The Morgan fingerprint density at radius 2 is 1.19 bits per heavy atom. The van der Waals surface area contributed by atoms with Gasteiger partial charge in [-0.05, 0) is 99.5 Å². The van der Waals surface area contributed by atoms with Crippen LogP contribution in [0.2, 0.25) is 0 Å². The first-order chi connectivity index (χ1) is 30.1. The number of hydrogen-bond acceptors (Lipinski definition) is 2. The smallest absolute Gasteiger partial charge is 0.269 e. The molecule has 3 heterocycles. The summed E-state index contributed by atoms with van der Waals surface area (Å²) in [4.78, 5) is 4.98. The lowest BCUT2D eigenvalue weighted by Gasteiger charge is -2.26. The van der Waals surface area contributed by atoms with E-state index in [0.717, 1.165) is 72.9 Å². The van der Waals surface area contributed by atoms with E-state index >= 15 is 0 Å². The van der Waals surface area contributed by atoms with Gasteiger partial charge >= 0.3 is 0 Å². The summed E-state index contributed by atoms with van der Waals surface area (Å²) in [5.74, 6) is 2.31. The molecule has 0 radical (unpaired) electrons. The molecule has 0 unspecified atom stereocenters. The molecule has 0 aliphatic heterocycles. The minimum Gasteiger partial charge on any atom is -0.458 e. The predicted octanol–water partition coefficient (Wildman–Crippen LogP) is 13.8. The summed E-state index contributed by atoms with van der Waals surface area (Å²) in [5.41, 5.74) is 11.9. The van der Waals surface area contributed by atoms with E-state index in [0.29, 0.717) is 0 Å². The zero-order chi connectivity index (χ0) is 42.4. The number of benzene rings is 7. The number of fused-ring (bicyclic) bond motifs is 3. The molecule has 7 aromatic carbocycles. The van der Waals surface area contributed by atoms with Gasteiger partial charge in [0.1, 0.15) is 17.3 Å². The maximum absolute atomic E-state index is 6.93. The van der Waals surface area contributed by atoms with Crippen molar-refractivity contribution in [2.24, 2.45) is 0 Å². The molecule has 0 bridgehead atoms. The second-order valence-electron chi connectivity index (χ2n) is 17.6. The molecule has 0 aliphatic carbocycles. The Balaban J connectivity index is 1.10. The fraction of sp³-hybridized carbons (Fsp3) is 0.123. The Bertz CT molecular complexity index is 3210. The number of para-hydroxylation sites is 1. The minimum atomic E-state index is -0.220. The molecule has 5 nitrogen and oxygen atoms in total. The van der Waals surface area contributed by atoms with Crippen LogP contribution in [0.3, 0.4) is 0 Å². The zero-order valence-electron chi connectivity index (χ0n) is 35.7. The molecule has 302 valence electrons. The molecule has 10 rings (SSSR count). The first kappa shape index (κ1) is 38.7. The molecule has 0 spiro atoms. The van der Waals surface area contributed by atoms with Crippen LogP contribution in [0.4, 0.5) is 0 Å². The standard InChI is InChI=1S/C57H48N4O/c1-56(2,3)44-24-17-25-46(34-44)60-39-59(38-54(60)41-20-11-7-12-21-41)47-32-42(40-18-9-6-10-19-40)33-49(36-47)62-48-28-29-51-50-26-15-16-27-52(50)61(53(51)37-48)55-35-45(30-31-58-55)57(4,5)43-22-13-8-14-23-43/h6-38H,1-5H3. The highest BCUT2D eigenvalue weighted by Crippen LogP contribution is 2.38. The fourth-order valence-electron chi connectivity index (χ4n) is 8.55. The second-order valence-corrected chi connectivity index (χ2v) is 17.6. The average molecular weight is 805 g/mol. The number of hydrogen-bond donors (Lipinski definition) is 0. The van der Waals surface area contributed by atoms with Crippen LogP contribution in [-0.2, 0) is 10.8 Å². The summed E-state index contributed by atoms with van der Waals surface area (Å²) in [6.45, 7) is 11.3. The number of pyridine rings is 1. The second kappa shape index (κ2) is 15.5. The van der Waals surface area contributed by atoms with E-state index in [4.69, 9.17) is 9.72 Å². The number of imidazole rings is 1. The molecule has 0 saturated carbocycles. The van der Waals surface area contributed by atoms with E-state index in [1.54, 1.807) is 0 Å². The lowest BCUT2D eigenvalue weighted by molar-refractivity contribution is -0.588. The highest BCUT2D eigenvalue weighted by Gasteiger charge is 2.25. The third-order valence-electron chi connectivity index (χ3n) is 12.1. The lowest BCUT2D eigenvalue weighted by atomic mass is 9.78. The third kappa shape index (κ3) is 7.26. The quantitative estimate of drug-likeness (QED) is 0.108. The van der Waals surface area contributed by atoms with E-state index in [1.807, 2.05) is 12.3 Å². The summed E-state index contributed by atoms with van der Waals surface area (Å²) in [7, 11) is 0. The van der Waals surface area contributed by atoms with E-state index < -0.39 is 0 Å². The SMILES string of the molecule is CC(C)(C)c1cccc(-[n+]2[c-]n(-c3cc(Oc4ccc5c6ccccc6n(-c6cc(C(C)(C)c7ccccc7)ccn6)c5c4)cc(-c4ccccc4)c3)cc2-c2ccccc2)c1. The Morgan fingerprint density at radius 1 is 0.516 bits per heavy atom. The van der Waals surface area contributed by atoms with Gasteiger partial charge in [-0.25, -0.2) is 4.98 Å². The average Bonchev–Trinajstić information content (AvgIpc) is 3.90. The predicted molar refractivity (Wildman–Crippen MR) is 253 cm³/mol. The highest BCUT2D eigenvalue weighted by molar-refractivity contribution is 6.09. The first-order valence-corrected chi connectivity index (χ1v) is 21.3. The molecular formula is C57H48N4O. The van der Waals surface area contributed by atoms with Crippen molar-refractivity contribution < 1.29 is 9.30 Å². The van der Waals surface area contributed by atoms with Crippen LogP contribution >= 0.6 is 0 Å². The Labute approximate surface area is 363 Å². The van der Waals surface area contributed by atoms with Crippen molar-refractivity contribution >= 4 is 21.8 Å².